The summed E-state index contributed by atoms with van der Waals surface area (Å²) in [5, 5.41) is 8.62. The molecule has 0 saturated carbocycles. The van der Waals surface area contributed by atoms with Crippen molar-refractivity contribution in [1.29, 1.82) is 0 Å². The highest BCUT2D eigenvalue weighted by atomic mass is 16.5. The molecule has 4 nitrogen and oxygen atoms in total. The van der Waals surface area contributed by atoms with E-state index in [2.05, 4.69) is 25.8 Å². The van der Waals surface area contributed by atoms with Crippen molar-refractivity contribution in [3.05, 3.63) is 0 Å². The second-order valence-electron chi connectivity index (χ2n) is 4.38. The van der Waals surface area contributed by atoms with Gasteiger partial charge in [-0.05, 0) is 33.7 Å². The van der Waals surface area contributed by atoms with Gasteiger partial charge in [0.15, 0.2) is 0 Å². The first-order chi connectivity index (χ1) is 7.02. The molecule has 1 N–H and O–H groups in total. The van der Waals surface area contributed by atoms with Gasteiger partial charge in [0.25, 0.3) is 0 Å². The van der Waals surface area contributed by atoms with Crippen LogP contribution in [-0.4, -0.2) is 47.8 Å². The fourth-order valence-corrected chi connectivity index (χ4v) is 2.12. The van der Waals surface area contributed by atoms with Gasteiger partial charge in [0.2, 0.25) is 0 Å². The molecule has 1 fully saturated rings. The topological polar surface area (TPSA) is 49.8 Å². The van der Waals surface area contributed by atoms with Crippen molar-refractivity contribution in [2.75, 3.05) is 13.7 Å². The van der Waals surface area contributed by atoms with E-state index < -0.39 is 5.97 Å². The third-order valence-corrected chi connectivity index (χ3v) is 3.33. The van der Waals surface area contributed by atoms with E-state index in [9.17, 15) is 4.79 Å². The molecule has 0 aliphatic carbocycles. The van der Waals surface area contributed by atoms with Crippen molar-refractivity contribution in [1.82, 2.24) is 4.90 Å². The number of rotatable bonds is 5. The molecule has 3 atom stereocenters. The van der Waals surface area contributed by atoms with Gasteiger partial charge >= 0.3 is 5.97 Å². The van der Waals surface area contributed by atoms with Crippen LogP contribution in [0.1, 0.15) is 33.1 Å². The Morgan fingerprint density at radius 2 is 2.33 bits per heavy atom. The van der Waals surface area contributed by atoms with Crippen LogP contribution in [0.15, 0.2) is 0 Å². The Balaban J connectivity index is 2.37. The van der Waals surface area contributed by atoms with Gasteiger partial charge in [0, 0.05) is 25.1 Å². The standard InChI is InChI=1S/C11H21NO3/c1-8(4-5-11(13)14)12(3)10-6-7-15-9(10)2/h8-10H,4-7H2,1-3H3,(H,13,14). The van der Waals surface area contributed by atoms with Crippen LogP contribution < -0.4 is 0 Å². The fraction of sp³-hybridized carbons (Fsp3) is 0.909. The summed E-state index contributed by atoms with van der Waals surface area (Å²) in [6.07, 6.45) is 2.26. The molecule has 1 rings (SSSR count). The maximum absolute atomic E-state index is 10.5. The van der Waals surface area contributed by atoms with Gasteiger partial charge in [-0.15, -0.1) is 0 Å². The van der Waals surface area contributed by atoms with Gasteiger partial charge in [-0.25, -0.2) is 0 Å². The second kappa shape index (κ2) is 5.47. The smallest absolute Gasteiger partial charge is 0.303 e. The van der Waals surface area contributed by atoms with E-state index >= 15 is 0 Å². The number of carboxylic acid groups (broad SMARTS) is 1. The number of carboxylic acids is 1. The third-order valence-electron chi connectivity index (χ3n) is 3.33. The summed E-state index contributed by atoms with van der Waals surface area (Å²) in [6.45, 7) is 4.98. The molecule has 1 aliphatic rings. The van der Waals surface area contributed by atoms with Crippen molar-refractivity contribution in [3.8, 4) is 0 Å². The van der Waals surface area contributed by atoms with Crippen LogP contribution in [0.5, 0.6) is 0 Å². The SMILES string of the molecule is CC1OCCC1N(C)C(C)CCC(=O)O. The zero-order valence-corrected chi connectivity index (χ0v) is 9.77. The van der Waals surface area contributed by atoms with E-state index in [4.69, 9.17) is 9.84 Å². The molecule has 4 heteroatoms. The normalized spacial score (nSPS) is 28.3. The van der Waals surface area contributed by atoms with Crippen molar-refractivity contribution in [2.24, 2.45) is 0 Å². The number of carbonyl (C=O) groups is 1. The molecule has 1 saturated heterocycles. The number of aliphatic carboxylic acids is 1. The Morgan fingerprint density at radius 3 is 2.80 bits per heavy atom. The summed E-state index contributed by atoms with van der Waals surface area (Å²) in [4.78, 5) is 12.7. The molecule has 15 heavy (non-hydrogen) atoms. The predicted molar refractivity (Wildman–Crippen MR) is 57.9 cm³/mol. The fourth-order valence-electron chi connectivity index (χ4n) is 2.12. The highest BCUT2D eigenvalue weighted by Crippen LogP contribution is 2.21. The van der Waals surface area contributed by atoms with Crippen LogP contribution in [0.4, 0.5) is 0 Å². The van der Waals surface area contributed by atoms with Crippen LogP contribution in [-0.2, 0) is 9.53 Å². The van der Waals surface area contributed by atoms with E-state index in [0.29, 0.717) is 18.5 Å². The van der Waals surface area contributed by atoms with Gasteiger partial charge < -0.3 is 9.84 Å². The van der Waals surface area contributed by atoms with Crippen LogP contribution in [0, 0.1) is 0 Å². The van der Waals surface area contributed by atoms with Gasteiger partial charge in [-0.2, -0.15) is 0 Å². The van der Waals surface area contributed by atoms with Gasteiger partial charge in [-0.1, -0.05) is 0 Å². The van der Waals surface area contributed by atoms with E-state index in [-0.39, 0.29) is 12.5 Å². The van der Waals surface area contributed by atoms with Gasteiger partial charge in [0.05, 0.1) is 6.10 Å². The summed E-state index contributed by atoms with van der Waals surface area (Å²) in [5.74, 6) is -0.717. The lowest BCUT2D eigenvalue weighted by atomic mass is 10.1. The maximum atomic E-state index is 10.5. The van der Waals surface area contributed by atoms with Crippen LogP contribution >= 0.6 is 0 Å². The first kappa shape index (κ1) is 12.5. The summed E-state index contributed by atoms with van der Waals surface area (Å²) in [6, 6.07) is 0.740. The number of hydrogen-bond donors (Lipinski definition) is 1. The Bertz CT molecular complexity index is 220. The molecule has 0 amide bonds. The molecule has 3 unspecified atom stereocenters. The minimum Gasteiger partial charge on any atom is -0.481 e. The van der Waals surface area contributed by atoms with E-state index in [1.807, 2.05) is 0 Å². The van der Waals surface area contributed by atoms with Crippen LogP contribution in [0.2, 0.25) is 0 Å². The Morgan fingerprint density at radius 1 is 1.67 bits per heavy atom. The second-order valence-corrected chi connectivity index (χ2v) is 4.38. The molecule has 1 heterocycles. The highest BCUT2D eigenvalue weighted by Gasteiger charge is 2.30. The van der Waals surface area contributed by atoms with E-state index in [0.717, 1.165) is 13.0 Å². The number of likely N-dealkylation sites (N-methyl/N-ethyl adjacent to an activating group) is 1. The molecule has 0 aromatic carbocycles. The average Bonchev–Trinajstić information content (AvgIpc) is 2.59. The van der Waals surface area contributed by atoms with Crippen molar-refractivity contribution in [3.63, 3.8) is 0 Å². The van der Waals surface area contributed by atoms with Crippen molar-refractivity contribution < 1.29 is 14.6 Å². The Hall–Kier alpha value is -0.610. The summed E-state index contributed by atoms with van der Waals surface area (Å²) >= 11 is 0. The number of ether oxygens (including phenoxy) is 1. The van der Waals surface area contributed by atoms with Gasteiger partial charge in [0.1, 0.15) is 0 Å². The van der Waals surface area contributed by atoms with Crippen molar-refractivity contribution in [2.45, 2.75) is 51.3 Å². The first-order valence-electron chi connectivity index (χ1n) is 5.57. The quantitative estimate of drug-likeness (QED) is 0.752. The monoisotopic (exact) mass is 215 g/mol. The molecular weight excluding hydrogens is 194 g/mol. The highest BCUT2D eigenvalue weighted by molar-refractivity contribution is 5.66. The summed E-state index contributed by atoms with van der Waals surface area (Å²) in [7, 11) is 2.06. The van der Waals surface area contributed by atoms with Crippen LogP contribution in [0.3, 0.4) is 0 Å². The van der Waals surface area contributed by atoms with Gasteiger partial charge in [-0.3, -0.25) is 9.69 Å². The minimum atomic E-state index is -0.717. The molecular formula is C11H21NO3. The van der Waals surface area contributed by atoms with Crippen LogP contribution in [0.25, 0.3) is 0 Å². The molecule has 0 bridgehead atoms. The largest absolute Gasteiger partial charge is 0.481 e. The van der Waals surface area contributed by atoms with E-state index in [1.54, 1.807) is 0 Å². The number of hydrogen-bond acceptors (Lipinski definition) is 3. The van der Waals surface area contributed by atoms with Crippen molar-refractivity contribution >= 4 is 5.97 Å². The zero-order valence-electron chi connectivity index (χ0n) is 9.77. The zero-order chi connectivity index (χ0) is 11.4. The average molecular weight is 215 g/mol. The Labute approximate surface area is 91.2 Å². The molecule has 0 aromatic heterocycles. The number of nitrogens with zero attached hydrogens (tertiary/aromatic N) is 1. The summed E-state index contributed by atoms with van der Waals surface area (Å²) in [5.41, 5.74) is 0. The molecule has 0 spiro atoms. The third kappa shape index (κ3) is 3.47. The minimum absolute atomic E-state index is 0.244. The molecule has 0 aromatic rings. The molecule has 1 aliphatic heterocycles. The maximum Gasteiger partial charge on any atom is 0.303 e. The lowest BCUT2D eigenvalue weighted by Gasteiger charge is -2.32. The van der Waals surface area contributed by atoms with E-state index in [1.165, 1.54) is 0 Å². The molecule has 88 valence electrons. The predicted octanol–water partition coefficient (Wildman–Crippen LogP) is 1.35. The first-order valence-corrected chi connectivity index (χ1v) is 5.57. The Kier molecular flexibility index (Phi) is 4.54. The summed E-state index contributed by atoms with van der Waals surface area (Å²) < 4.78 is 5.50. The lowest BCUT2D eigenvalue weighted by Crippen LogP contribution is -2.42. The lowest BCUT2D eigenvalue weighted by molar-refractivity contribution is -0.137. The molecule has 0 radical (unpaired) electrons.